The Morgan fingerprint density at radius 3 is 2.57 bits per heavy atom. The van der Waals surface area contributed by atoms with Gasteiger partial charge < -0.3 is 10.1 Å². The summed E-state index contributed by atoms with van der Waals surface area (Å²) in [5.41, 5.74) is 0. The Morgan fingerprint density at radius 1 is 1.50 bits per heavy atom. The maximum absolute atomic E-state index is 11.2. The zero-order chi connectivity index (χ0) is 10.7. The zero-order valence-corrected chi connectivity index (χ0v) is 9.12. The topological polar surface area (TPSA) is 38.3 Å². The number of amides is 1. The molecule has 2 radical (unpaired) electrons. The smallest absolute Gasteiger partial charge is 0.220 e. The van der Waals surface area contributed by atoms with Crippen molar-refractivity contribution in [3.63, 3.8) is 0 Å². The normalized spacial score (nSPS) is 37.1. The molecular weight excluding hydrogens is 177 g/mol. The first-order chi connectivity index (χ1) is 6.60. The van der Waals surface area contributed by atoms with Crippen molar-refractivity contribution in [3.8, 4) is 0 Å². The van der Waals surface area contributed by atoms with Crippen molar-refractivity contribution in [2.45, 2.75) is 51.8 Å². The Kier molecular flexibility index (Phi) is 3.99. The lowest BCUT2D eigenvalue weighted by Gasteiger charge is -2.20. The van der Waals surface area contributed by atoms with Gasteiger partial charge in [0.1, 0.15) is 7.85 Å². The van der Waals surface area contributed by atoms with Crippen LogP contribution in [0.1, 0.15) is 33.6 Å². The summed E-state index contributed by atoms with van der Waals surface area (Å²) in [7, 11) is 5.80. The Bertz CT molecular complexity index is 210. The molecule has 1 heterocycles. The molecule has 14 heavy (non-hydrogen) atoms. The van der Waals surface area contributed by atoms with E-state index in [4.69, 9.17) is 12.6 Å². The summed E-state index contributed by atoms with van der Waals surface area (Å²) in [5.74, 6) is 0.336. The monoisotopic (exact) mass is 195 g/mol. The highest BCUT2D eigenvalue weighted by Crippen LogP contribution is 2.27. The molecule has 4 heteroatoms. The first kappa shape index (κ1) is 11.6. The lowest BCUT2D eigenvalue weighted by Crippen LogP contribution is -2.44. The maximum atomic E-state index is 11.2. The highest BCUT2D eigenvalue weighted by molar-refractivity contribution is 6.12. The lowest BCUT2D eigenvalue weighted by atomic mass is 9.86. The van der Waals surface area contributed by atoms with Crippen LogP contribution in [0.3, 0.4) is 0 Å². The Morgan fingerprint density at radius 2 is 2.14 bits per heavy atom. The summed E-state index contributed by atoms with van der Waals surface area (Å²) in [5, 5.41) is 2.90. The highest BCUT2D eigenvalue weighted by Gasteiger charge is 2.38. The van der Waals surface area contributed by atoms with Gasteiger partial charge in [0.05, 0.1) is 12.1 Å². The molecule has 3 nitrogen and oxygen atoms in total. The number of carbonyl (C=O) groups is 1. The van der Waals surface area contributed by atoms with Crippen molar-refractivity contribution in [2.75, 3.05) is 0 Å². The van der Waals surface area contributed by atoms with Gasteiger partial charge in [-0.15, -0.1) is 0 Å². The largest absolute Gasteiger partial charge is 0.382 e. The van der Waals surface area contributed by atoms with E-state index >= 15 is 0 Å². The van der Waals surface area contributed by atoms with Crippen molar-refractivity contribution in [1.29, 1.82) is 0 Å². The second-order valence-electron chi connectivity index (χ2n) is 3.85. The van der Waals surface area contributed by atoms with Crippen LogP contribution in [-0.2, 0) is 9.53 Å². The number of rotatable bonds is 3. The van der Waals surface area contributed by atoms with E-state index in [9.17, 15) is 4.79 Å². The molecule has 1 aliphatic heterocycles. The van der Waals surface area contributed by atoms with Crippen molar-refractivity contribution in [3.05, 3.63) is 0 Å². The van der Waals surface area contributed by atoms with Crippen LogP contribution < -0.4 is 5.32 Å². The van der Waals surface area contributed by atoms with Crippen LogP contribution in [-0.4, -0.2) is 31.9 Å². The standard InChI is InChI=1S/C10H18BNO2/c1-4-7-6(3)9(10(11)14-7)12-8(13)5-2/h6-7,9-10H,4-5H2,1-3H3,(H,12,13)/t6?,7-,9?,10-/m1/s1. The molecule has 1 rings (SSSR count). The predicted molar refractivity (Wildman–Crippen MR) is 56.1 cm³/mol. The van der Waals surface area contributed by atoms with Gasteiger partial charge in [0.2, 0.25) is 5.91 Å². The molecule has 1 amide bonds. The van der Waals surface area contributed by atoms with Crippen LogP contribution in [0, 0.1) is 5.92 Å². The first-order valence-corrected chi connectivity index (χ1v) is 5.30. The van der Waals surface area contributed by atoms with Crippen LogP contribution in [0.15, 0.2) is 0 Å². The molecule has 0 bridgehead atoms. The fourth-order valence-corrected chi connectivity index (χ4v) is 1.91. The van der Waals surface area contributed by atoms with E-state index in [0.717, 1.165) is 6.42 Å². The van der Waals surface area contributed by atoms with Gasteiger partial charge in [-0.25, -0.2) is 0 Å². The second kappa shape index (κ2) is 4.83. The van der Waals surface area contributed by atoms with Crippen LogP contribution in [0.2, 0.25) is 0 Å². The van der Waals surface area contributed by atoms with Crippen LogP contribution in [0.5, 0.6) is 0 Å². The van der Waals surface area contributed by atoms with Gasteiger partial charge in [0, 0.05) is 18.3 Å². The first-order valence-electron chi connectivity index (χ1n) is 5.30. The van der Waals surface area contributed by atoms with E-state index in [2.05, 4.69) is 19.2 Å². The molecule has 0 aromatic heterocycles. The minimum atomic E-state index is -0.356. The Labute approximate surface area is 87.0 Å². The van der Waals surface area contributed by atoms with Crippen molar-refractivity contribution < 1.29 is 9.53 Å². The summed E-state index contributed by atoms with van der Waals surface area (Å²) < 4.78 is 5.54. The van der Waals surface area contributed by atoms with E-state index in [0.29, 0.717) is 12.3 Å². The Balaban J connectivity index is 2.56. The highest BCUT2D eigenvalue weighted by atomic mass is 16.5. The molecule has 78 valence electrons. The van der Waals surface area contributed by atoms with Gasteiger partial charge in [-0.05, 0) is 6.42 Å². The third-order valence-corrected chi connectivity index (χ3v) is 2.89. The quantitative estimate of drug-likeness (QED) is 0.677. The van der Waals surface area contributed by atoms with Crippen LogP contribution in [0.4, 0.5) is 0 Å². The average Bonchev–Trinajstić information content (AvgIpc) is 2.44. The van der Waals surface area contributed by atoms with Gasteiger partial charge in [-0.1, -0.05) is 20.8 Å². The second-order valence-corrected chi connectivity index (χ2v) is 3.85. The molecule has 1 saturated heterocycles. The van der Waals surface area contributed by atoms with Crippen LogP contribution >= 0.6 is 0 Å². The summed E-state index contributed by atoms with van der Waals surface area (Å²) >= 11 is 0. The van der Waals surface area contributed by atoms with Gasteiger partial charge in [0.25, 0.3) is 0 Å². The third-order valence-electron chi connectivity index (χ3n) is 2.89. The fraction of sp³-hybridized carbons (Fsp3) is 0.900. The van der Waals surface area contributed by atoms with Gasteiger partial charge >= 0.3 is 0 Å². The van der Waals surface area contributed by atoms with E-state index in [1.165, 1.54) is 0 Å². The van der Waals surface area contributed by atoms with Gasteiger partial charge in [0.15, 0.2) is 0 Å². The van der Waals surface area contributed by atoms with E-state index in [1.807, 2.05) is 6.92 Å². The van der Waals surface area contributed by atoms with Crippen LogP contribution in [0.25, 0.3) is 0 Å². The fourth-order valence-electron chi connectivity index (χ4n) is 1.91. The van der Waals surface area contributed by atoms with E-state index in [1.54, 1.807) is 0 Å². The SMILES string of the molecule is [B][C@@H]1O[C@H](CC)C(C)C1NC(=O)CC. The third kappa shape index (κ3) is 2.29. The van der Waals surface area contributed by atoms with Crippen molar-refractivity contribution in [2.24, 2.45) is 5.92 Å². The molecule has 0 saturated carbocycles. The van der Waals surface area contributed by atoms with Gasteiger partial charge in [-0.2, -0.15) is 0 Å². The van der Waals surface area contributed by atoms with E-state index < -0.39 is 0 Å². The molecule has 1 N–H and O–H groups in total. The van der Waals surface area contributed by atoms with Crippen molar-refractivity contribution >= 4 is 13.8 Å². The number of nitrogens with one attached hydrogen (secondary N) is 1. The Hall–Kier alpha value is -0.505. The molecule has 0 aromatic carbocycles. The minimum absolute atomic E-state index is 0.0348. The molecule has 0 spiro atoms. The summed E-state index contributed by atoms with van der Waals surface area (Å²) in [6.45, 7) is 5.97. The molecule has 2 unspecified atom stereocenters. The van der Waals surface area contributed by atoms with Gasteiger partial charge in [-0.3, -0.25) is 4.79 Å². The molecule has 4 atom stereocenters. The number of ether oxygens (including phenoxy) is 1. The maximum Gasteiger partial charge on any atom is 0.220 e. The lowest BCUT2D eigenvalue weighted by molar-refractivity contribution is -0.121. The minimum Gasteiger partial charge on any atom is -0.382 e. The molecule has 1 aliphatic rings. The number of carbonyl (C=O) groups excluding carboxylic acids is 1. The molecule has 1 fully saturated rings. The van der Waals surface area contributed by atoms with Crippen molar-refractivity contribution in [1.82, 2.24) is 5.32 Å². The zero-order valence-electron chi connectivity index (χ0n) is 9.12. The van der Waals surface area contributed by atoms with E-state index in [-0.39, 0.29) is 24.1 Å². The predicted octanol–water partition coefficient (Wildman–Crippen LogP) is 0.821. The molecule has 0 aliphatic carbocycles. The molecule has 0 aromatic rings. The summed E-state index contributed by atoms with van der Waals surface area (Å²) in [4.78, 5) is 11.2. The average molecular weight is 195 g/mol. The molecular formula is C10H18BNO2. The summed E-state index contributed by atoms with van der Waals surface area (Å²) in [6, 6.07) is -0.391. The number of hydrogen-bond acceptors (Lipinski definition) is 2. The summed E-state index contributed by atoms with van der Waals surface area (Å²) in [6.07, 6.45) is 1.60. The number of hydrogen-bond donors (Lipinski definition) is 1.